The summed E-state index contributed by atoms with van der Waals surface area (Å²) in [5, 5.41) is 0. The molecule has 6 nitrogen and oxygen atoms in total. The lowest BCUT2D eigenvalue weighted by molar-refractivity contribution is -0.00342. The third kappa shape index (κ3) is 2.37. The van der Waals surface area contributed by atoms with Gasteiger partial charge in [-0.05, 0) is 61.7 Å². The number of piperidine rings is 3. The van der Waals surface area contributed by atoms with Gasteiger partial charge in [0.25, 0.3) is 5.91 Å². The SMILES string of the molecule is O=C(c1cccnc1)N1C[C@H](c2ccc3c(c2)OCO3)[C@H]2[C@@H]1C1CCN2CC1. The Kier molecular flexibility index (Phi) is 3.63. The zero-order chi connectivity index (χ0) is 18.7. The molecule has 6 heteroatoms. The summed E-state index contributed by atoms with van der Waals surface area (Å²) in [5.41, 5.74) is 1.93. The van der Waals surface area contributed by atoms with Crippen LogP contribution in [0.2, 0.25) is 0 Å². The van der Waals surface area contributed by atoms with Crippen molar-refractivity contribution in [2.24, 2.45) is 5.92 Å². The lowest BCUT2D eigenvalue weighted by Crippen LogP contribution is -2.60. The molecule has 4 saturated heterocycles. The normalized spacial score (nSPS) is 32.4. The molecule has 2 aromatic rings. The molecule has 28 heavy (non-hydrogen) atoms. The average Bonchev–Trinajstić information content (AvgIpc) is 3.40. The molecule has 144 valence electrons. The average molecular weight is 377 g/mol. The minimum atomic E-state index is 0.111. The number of ether oxygens (including phenoxy) is 2. The highest BCUT2D eigenvalue weighted by Gasteiger charge is 2.54. The van der Waals surface area contributed by atoms with E-state index in [-0.39, 0.29) is 18.7 Å². The molecular weight excluding hydrogens is 354 g/mol. The van der Waals surface area contributed by atoms with Crippen molar-refractivity contribution in [3.8, 4) is 11.5 Å². The molecule has 1 aromatic carbocycles. The first kappa shape index (κ1) is 16.4. The van der Waals surface area contributed by atoms with Gasteiger partial charge < -0.3 is 14.4 Å². The molecule has 0 aliphatic carbocycles. The van der Waals surface area contributed by atoms with E-state index in [0.29, 0.717) is 23.4 Å². The number of carbonyl (C=O) groups excluding carboxylic acids is 1. The number of benzene rings is 1. The van der Waals surface area contributed by atoms with Crippen molar-refractivity contribution >= 4 is 5.91 Å². The van der Waals surface area contributed by atoms with Crippen molar-refractivity contribution in [2.75, 3.05) is 26.4 Å². The molecule has 3 atom stereocenters. The van der Waals surface area contributed by atoms with Gasteiger partial charge in [0.1, 0.15) is 0 Å². The zero-order valence-corrected chi connectivity index (χ0v) is 15.7. The zero-order valence-electron chi connectivity index (χ0n) is 15.7. The van der Waals surface area contributed by atoms with Crippen LogP contribution in [0, 0.1) is 5.92 Å². The van der Waals surface area contributed by atoms with E-state index in [9.17, 15) is 4.79 Å². The summed E-state index contributed by atoms with van der Waals surface area (Å²) in [6.45, 7) is 3.31. The predicted molar refractivity (Wildman–Crippen MR) is 102 cm³/mol. The van der Waals surface area contributed by atoms with Gasteiger partial charge in [0.05, 0.1) is 11.6 Å². The van der Waals surface area contributed by atoms with E-state index in [4.69, 9.17) is 9.47 Å². The minimum absolute atomic E-state index is 0.111. The Labute approximate surface area is 164 Å². The number of aromatic nitrogens is 1. The number of amides is 1. The highest BCUT2D eigenvalue weighted by Crippen LogP contribution is 2.48. The Morgan fingerprint density at radius 3 is 2.75 bits per heavy atom. The number of rotatable bonds is 2. The van der Waals surface area contributed by atoms with Gasteiger partial charge in [-0.2, -0.15) is 0 Å². The summed E-state index contributed by atoms with van der Waals surface area (Å²) >= 11 is 0. The summed E-state index contributed by atoms with van der Waals surface area (Å²) in [7, 11) is 0. The van der Waals surface area contributed by atoms with Crippen molar-refractivity contribution in [2.45, 2.75) is 30.8 Å². The van der Waals surface area contributed by atoms with E-state index in [2.05, 4.69) is 26.9 Å². The quantitative estimate of drug-likeness (QED) is 0.805. The molecule has 4 fully saturated rings. The molecule has 7 rings (SSSR count). The summed E-state index contributed by atoms with van der Waals surface area (Å²) in [6.07, 6.45) is 5.78. The maximum atomic E-state index is 13.4. The van der Waals surface area contributed by atoms with Crippen molar-refractivity contribution in [3.05, 3.63) is 53.9 Å². The lowest BCUT2D eigenvalue weighted by atomic mass is 9.75. The van der Waals surface area contributed by atoms with Gasteiger partial charge >= 0.3 is 0 Å². The fourth-order valence-corrected chi connectivity index (χ4v) is 5.75. The van der Waals surface area contributed by atoms with E-state index >= 15 is 0 Å². The van der Waals surface area contributed by atoms with E-state index in [1.54, 1.807) is 12.4 Å². The Morgan fingerprint density at radius 1 is 1.07 bits per heavy atom. The third-order valence-corrected chi connectivity index (χ3v) is 6.99. The monoisotopic (exact) mass is 377 g/mol. The molecule has 0 spiro atoms. The van der Waals surface area contributed by atoms with Crippen molar-refractivity contribution < 1.29 is 14.3 Å². The standard InChI is InChI=1S/C22H23N3O3/c26-22(16-2-1-7-23-11-16)25-12-17(15-3-4-18-19(10-15)28-13-27-18)21-20(25)14-5-8-24(21)9-6-14/h1-4,7,10-11,14,17,20-21H,5-6,8-9,12-13H2/t17-,20+,21+/m1/s1. The van der Waals surface area contributed by atoms with Crippen LogP contribution in [-0.2, 0) is 0 Å². The summed E-state index contributed by atoms with van der Waals surface area (Å²) < 4.78 is 11.1. The van der Waals surface area contributed by atoms with Crippen LogP contribution in [0.3, 0.4) is 0 Å². The summed E-state index contributed by atoms with van der Waals surface area (Å²) in [4.78, 5) is 22.3. The fraction of sp³-hybridized carbons (Fsp3) is 0.455. The highest BCUT2D eigenvalue weighted by atomic mass is 16.7. The second-order valence-electron chi connectivity index (χ2n) is 8.27. The lowest BCUT2D eigenvalue weighted by Gasteiger charge is -2.51. The van der Waals surface area contributed by atoms with E-state index in [0.717, 1.165) is 31.1 Å². The van der Waals surface area contributed by atoms with Crippen LogP contribution in [0.15, 0.2) is 42.7 Å². The van der Waals surface area contributed by atoms with E-state index < -0.39 is 0 Å². The van der Waals surface area contributed by atoms with E-state index in [1.807, 2.05) is 18.2 Å². The van der Waals surface area contributed by atoms with Gasteiger partial charge in [-0.15, -0.1) is 0 Å². The molecule has 5 aliphatic heterocycles. The number of likely N-dealkylation sites (tertiary alicyclic amines) is 1. The maximum absolute atomic E-state index is 13.4. The Balaban J connectivity index is 1.39. The molecule has 0 saturated carbocycles. The number of pyridine rings is 1. The second kappa shape index (κ2) is 6.21. The first-order valence-corrected chi connectivity index (χ1v) is 10.1. The van der Waals surface area contributed by atoms with Crippen LogP contribution in [0.5, 0.6) is 11.5 Å². The highest BCUT2D eigenvalue weighted by molar-refractivity contribution is 5.94. The van der Waals surface area contributed by atoms with Crippen LogP contribution in [-0.4, -0.2) is 59.2 Å². The molecule has 5 aliphatic rings. The number of fused-ring (bicyclic) bond motifs is 3. The molecule has 0 radical (unpaired) electrons. The van der Waals surface area contributed by atoms with Gasteiger partial charge in [0.15, 0.2) is 11.5 Å². The van der Waals surface area contributed by atoms with Crippen LogP contribution in [0.1, 0.15) is 34.7 Å². The van der Waals surface area contributed by atoms with Crippen molar-refractivity contribution in [1.29, 1.82) is 0 Å². The Morgan fingerprint density at radius 2 is 1.93 bits per heavy atom. The van der Waals surface area contributed by atoms with Crippen LogP contribution in [0.4, 0.5) is 0 Å². The van der Waals surface area contributed by atoms with Crippen LogP contribution < -0.4 is 9.47 Å². The van der Waals surface area contributed by atoms with E-state index in [1.165, 1.54) is 18.4 Å². The largest absolute Gasteiger partial charge is 0.454 e. The molecule has 0 N–H and O–H groups in total. The fourth-order valence-electron chi connectivity index (χ4n) is 5.75. The smallest absolute Gasteiger partial charge is 0.255 e. The van der Waals surface area contributed by atoms with Gasteiger partial charge in [-0.3, -0.25) is 14.7 Å². The molecule has 1 aromatic heterocycles. The first-order valence-electron chi connectivity index (χ1n) is 10.1. The molecule has 0 unspecified atom stereocenters. The maximum Gasteiger partial charge on any atom is 0.255 e. The second-order valence-corrected chi connectivity index (χ2v) is 8.27. The van der Waals surface area contributed by atoms with Crippen LogP contribution >= 0.6 is 0 Å². The van der Waals surface area contributed by atoms with Gasteiger partial charge in [0.2, 0.25) is 6.79 Å². The summed E-state index contributed by atoms with van der Waals surface area (Å²) in [6, 6.07) is 10.7. The predicted octanol–water partition coefficient (Wildman–Crippen LogP) is 2.51. The van der Waals surface area contributed by atoms with Gasteiger partial charge in [-0.25, -0.2) is 0 Å². The van der Waals surface area contributed by atoms with Crippen molar-refractivity contribution in [3.63, 3.8) is 0 Å². The number of hydrogen-bond acceptors (Lipinski definition) is 5. The minimum Gasteiger partial charge on any atom is -0.454 e. The van der Waals surface area contributed by atoms with Gasteiger partial charge in [0, 0.05) is 30.9 Å². The van der Waals surface area contributed by atoms with Gasteiger partial charge in [-0.1, -0.05) is 6.07 Å². The Hall–Kier alpha value is -2.60. The topological polar surface area (TPSA) is 54.9 Å². The van der Waals surface area contributed by atoms with Crippen LogP contribution in [0.25, 0.3) is 0 Å². The number of carbonyl (C=O) groups is 1. The van der Waals surface area contributed by atoms with Crippen molar-refractivity contribution in [1.82, 2.24) is 14.8 Å². The number of hydrogen-bond donors (Lipinski definition) is 0. The Bertz CT molecular complexity index is 910. The third-order valence-electron chi connectivity index (χ3n) is 6.99. The molecule has 2 bridgehead atoms. The molecule has 1 amide bonds. The molecule has 6 heterocycles. The first-order chi connectivity index (χ1) is 13.8. The summed E-state index contributed by atoms with van der Waals surface area (Å²) in [5.74, 6) is 2.63. The number of nitrogens with zero attached hydrogens (tertiary/aromatic N) is 3. The molecular formula is C22H23N3O3.